The van der Waals surface area contributed by atoms with Gasteiger partial charge in [0.2, 0.25) is 0 Å². The van der Waals surface area contributed by atoms with Gasteiger partial charge in [-0.3, -0.25) is 0 Å². The fourth-order valence-corrected chi connectivity index (χ4v) is 2.43. The summed E-state index contributed by atoms with van der Waals surface area (Å²) in [6.07, 6.45) is 2.99. The molecule has 1 saturated heterocycles. The number of likely N-dealkylation sites (tertiary alicyclic amines) is 1. The Kier molecular flexibility index (Phi) is 5.40. The van der Waals surface area contributed by atoms with Crippen LogP contribution in [0.1, 0.15) is 39.5 Å². The third-order valence-corrected chi connectivity index (χ3v) is 3.44. The first-order chi connectivity index (χ1) is 8.47. The lowest BCUT2D eigenvalue weighted by Gasteiger charge is -2.39. The summed E-state index contributed by atoms with van der Waals surface area (Å²) < 4.78 is 0. The Morgan fingerprint density at radius 3 is 2.33 bits per heavy atom. The number of aliphatic carboxylic acids is 1. The molecule has 0 aliphatic carbocycles. The van der Waals surface area contributed by atoms with E-state index in [1.54, 1.807) is 4.90 Å². The van der Waals surface area contributed by atoms with Crippen molar-refractivity contribution in [2.24, 2.45) is 0 Å². The van der Waals surface area contributed by atoms with E-state index in [-0.39, 0.29) is 31.1 Å². The predicted octanol–water partition coefficient (Wildman–Crippen LogP) is 0.794. The molecule has 3 N–H and O–H groups in total. The van der Waals surface area contributed by atoms with E-state index in [2.05, 4.69) is 5.32 Å². The molecule has 0 aromatic heterocycles. The lowest BCUT2D eigenvalue weighted by molar-refractivity contribution is -0.139. The summed E-state index contributed by atoms with van der Waals surface area (Å²) in [4.78, 5) is 24.7. The van der Waals surface area contributed by atoms with Crippen LogP contribution in [-0.4, -0.2) is 51.8 Å². The van der Waals surface area contributed by atoms with Gasteiger partial charge in [-0.2, -0.15) is 0 Å². The number of carbonyl (C=O) groups excluding carboxylic acids is 1. The van der Waals surface area contributed by atoms with Gasteiger partial charge in [-0.05, 0) is 33.1 Å². The molecule has 18 heavy (non-hydrogen) atoms. The van der Waals surface area contributed by atoms with Crippen molar-refractivity contribution in [3.63, 3.8) is 0 Å². The van der Waals surface area contributed by atoms with E-state index in [4.69, 9.17) is 10.2 Å². The van der Waals surface area contributed by atoms with Crippen LogP contribution >= 0.6 is 0 Å². The number of nitrogens with zero attached hydrogens (tertiary/aromatic N) is 1. The molecule has 6 nitrogen and oxygen atoms in total. The highest BCUT2D eigenvalue weighted by molar-refractivity contribution is 5.82. The Labute approximate surface area is 107 Å². The number of hydrogen-bond acceptors (Lipinski definition) is 3. The summed E-state index contributed by atoms with van der Waals surface area (Å²) in [5, 5.41) is 20.2. The number of aliphatic hydroxyl groups is 1. The Morgan fingerprint density at radius 2 is 1.89 bits per heavy atom. The third-order valence-electron chi connectivity index (χ3n) is 3.44. The van der Waals surface area contributed by atoms with Crippen molar-refractivity contribution < 1.29 is 19.8 Å². The maximum absolute atomic E-state index is 12.1. The fourth-order valence-electron chi connectivity index (χ4n) is 2.43. The number of carboxylic acid groups (broad SMARTS) is 1. The van der Waals surface area contributed by atoms with E-state index in [0.29, 0.717) is 0 Å². The molecule has 0 saturated carbocycles. The normalized spacial score (nSPS) is 25.6. The van der Waals surface area contributed by atoms with Gasteiger partial charge in [-0.1, -0.05) is 0 Å². The van der Waals surface area contributed by atoms with Crippen molar-refractivity contribution in [1.82, 2.24) is 10.2 Å². The molecule has 2 amide bonds. The quantitative estimate of drug-likeness (QED) is 0.695. The van der Waals surface area contributed by atoms with E-state index < -0.39 is 12.0 Å². The van der Waals surface area contributed by atoms with Gasteiger partial charge in [0.25, 0.3) is 0 Å². The van der Waals surface area contributed by atoms with Crippen molar-refractivity contribution >= 4 is 12.0 Å². The lowest BCUT2D eigenvalue weighted by Crippen LogP contribution is -2.55. The average molecular weight is 258 g/mol. The second kappa shape index (κ2) is 6.58. The van der Waals surface area contributed by atoms with E-state index in [1.165, 1.54) is 0 Å². The average Bonchev–Trinajstić information content (AvgIpc) is 2.28. The molecule has 104 valence electrons. The van der Waals surface area contributed by atoms with Crippen LogP contribution in [-0.2, 0) is 4.79 Å². The van der Waals surface area contributed by atoms with Gasteiger partial charge in [0, 0.05) is 25.1 Å². The summed E-state index contributed by atoms with van der Waals surface area (Å²) in [6, 6.07) is -1.13. The first-order valence-corrected chi connectivity index (χ1v) is 6.39. The number of nitrogens with one attached hydrogen (secondary N) is 1. The zero-order valence-corrected chi connectivity index (χ0v) is 10.9. The van der Waals surface area contributed by atoms with Crippen LogP contribution in [0.5, 0.6) is 0 Å². The lowest BCUT2D eigenvalue weighted by atomic mass is 9.98. The molecular weight excluding hydrogens is 236 g/mol. The Morgan fingerprint density at radius 1 is 1.33 bits per heavy atom. The minimum atomic E-state index is -1.12. The molecular formula is C12H22N2O4. The van der Waals surface area contributed by atoms with Gasteiger partial charge >= 0.3 is 12.0 Å². The van der Waals surface area contributed by atoms with Crippen LogP contribution in [0.25, 0.3) is 0 Å². The SMILES string of the molecule is C[C@@H]1CCC[C@H](C)N1C(=O)N[C@@H](CCO)C(=O)O. The minimum absolute atomic E-state index is 0.0255. The standard InChI is InChI=1S/C12H22N2O4/c1-8-4-3-5-9(2)14(8)12(18)13-10(6-7-15)11(16)17/h8-10,15H,3-7H2,1-2H3,(H,13,18)(H,16,17)/t8-,9+,10-/m0/s1. The number of carboxylic acids is 1. The molecule has 0 radical (unpaired) electrons. The fraction of sp³-hybridized carbons (Fsp3) is 0.833. The van der Waals surface area contributed by atoms with Gasteiger partial charge in [0.05, 0.1) is 0 Å². The molecule has 0 unspecified atom stereocenters. The van der Waals surface area contributed by atoms with Crippen molar-refractivity contribution in [2.45, 2.75) is 57.7 Å². The monoisotopic (exact) mass is 258 g/mol. The molecule has 1 aliphatic rings. The molecule has 0 aromatic rings. The van der Waals surface area contributed by atoms with Crippen molar-refractivity contribution in [2.75, 3.05) is 6.61 Å². The highest BCUT2D eigenvalue weighted by Crippen LogP contribution is 2.22. The maximum Gasteiger partial charge on any atom is 0.326 e. The van der Waals surface area contributed by atoms with E-state index in [1.807, 2.05) is 13.8 Å². The van der Waals surface area contributed by atoms with Crippen LogP contribution in [0.15, 0.2) is 0 Å². The van der Waals surface area contributed by atoms with Crippen LogP contribution in [0, 0.1) is 0 Å². The van der Waals surface area contributed by atoms with Gasteiger partial charge in [0.15, 0.2) is 0 Å². The number of carbonyl (C=O) groups is 2. The van der Waals surface area contributed by atoms with Gasteiger partial charge < -0.3 is 20.4 Å². The van der Waals surface area contributed by atoms with Crippen molar-refractivity contribution in [3.05, 3.63) is 0 Å². The molecule has 1 rings (SSSR count). The van der Waals surface area contributed by atoms with Crippen LogP contribution in [0.2, 0.25) is 0 Å². The smallest absolute Gasteiger partial charge is 0.326 e. The molecule has 3 atom stereocenters. The largest absolute Gasteiger partial charge is 0.480 e. The summed E-state index contributed by atoms with van der Waals surface area (Å²) >= 11 is 0. The van der Waals surface area contributed by atoms with Gasteiger partial charge in [-0.25, -0.2) is 9.59 Å². The first kappa shape index (κ1) is 14.8. The first-order valence-electron chi connectivity index (χ1n) is 6.39. The third kappa shape index (κ3) is 3.60. The molecule has 6 heteroatoms. The Hall–Kier alpha value is -1.30. The zero-order chi connectivity index (χ0) is 13.7. The molecule has 0 spiro atoms. The summed E-state index contributed by atoms with van der Waals surface area (Å²) in [5.74, 6) is -1.12. The molecule has 1 aliphatic heterocycles. The molecule has 1 heterocycles. The van der Waals surface area contributed by atoms with Crippen molar-refractivity contribution in [1.29, 1.82) is 0 Å². The molecule has 0 aromatic carbocycles. The maximum atomic E-state index is 12.1. The van der Waals surface area contributed by atoms with E-state index in [0.717, 1.165) is 19.3 Å². The number of hydrogen-bond donors (Lipinski definition) is 3. The zero-order valence-electron chi connectivity index (χ0n) is 10.9. The summed E-state index contributed by atoms with van der Waals surface area (Å²) in [6.45, 7) is 3.68. The van der Waals surface area contributed by atoms with Crippen LogP contribution < -0.4 is 5.32 Å². The molecule has 0 bridgehead atoms. The predicted molar refractivity (Wildman–Crippen MR) is 66.3 cm³/mol. The topological polar surface area (TPSA) is 89.9 Å². The minimum Gasteiger partial charge on any atom is -0.480 e. The highest BCUT2D eigenvalue weighted by Gasteiger charge is 2.31. The van der Waals surface area contributed by atoms with E-state index in [9.17, 15) is 9.59 Å². The Balaban J connectivity index is 2.64. The van der Waals surface area contributed by atoms with Gasteiger partial charge in [-0.15, -0.1) is 0 Å². The number of aliphatic hydroxyl groups excluding tert-OH is 1. The van der Waals surface area contributed by atoms with E-state index >= 15 is 0 Å². The van der Waals surface area contributed by atoms with Crippen LogP contribution in [0.4, 0.5) is 4.79 Å². The second-order valence-corrected chi connectivity index (χ2v) is 4.89. The summed E-state index contributed by atoms with van der Waals surface area (Å²) in [7, 11) is 0. The molecule has 1 fully saturated rings. The number of urea groups is 1. The van der Waals surface area contributed by atoms with Crippen molar-refractivity contribution in [3.8, 4) is 0 Å². The number of rotatable bonds is 4. The Bertz CT molecular complexity index is 298. The van der Waals surface area contributed by atoms with Gasteiger partial charge in [0.1, 0.15) is 6.04 Å². The van der Waals surface area contributed by atoms with Crippen LogP contribution in [0.3, 0.4) is 0 Å². The number of amides is 2. The number of piperidine rings is 1. The second-order valence-electron chi connectivity index (χ2n) is 4.89. The summed E-state index contributed by atoms with van der Waals surface area (Å²) in [5.41, 5.74) is 0. The highest BCUT2D eigenvalue weighted by atomic mass is 16.4.